The summed E-state index contributed by atoms with van der Waals surface area (Å²) in [7, 11) is 0. The molecule has 0 aliphatic heterocycles. The van der Waals surface area contributed by atoms with E-state index in [1.807, 2.05) is 16.9 Å². The van der Waals surface area contributed by atoms with Crippen molar-refractivity contribution in [1.82, 2.24) is 0 Å². The molecule has 0 aliphatic rings. The van der Waals surface area contributed by atoms with E-state index in [9.17, 15) is 0 Å². The first kappa shape index (κ1) is 11.6. The molecule has 0 heterocycles. The second-order valence-corrected chi connectivity index (χ2v) is 5.62. The molecule has 0 aromatic carbocycles. The summed E-state index contributed by atoms with van der Waals surface area (Å²) in [4.78, 5) is 0. The van der Waals surface area contributed by atoms with Gasteiger partial charge in [0.05, 0.1) is 0 Å². The number of rotatable bonds is 6. The van der Waals surface area contributed by atoms with Gasteiger partial charge in [-0.1, -0.05) is 0 Å². The van der Waals surface area contributed by atoms with Crippen LogP contribution in [-0.2, 0) is 0 Å². The SMILES string of the molecule is CCCC([AsH2])CCC(C)CC. The molecule has 0 rings (SSSR count). The minimum absolute atomic E-state index is 0.949. The van der Waals surface area contributed by atoms with Crippen LogP contribution < -0.4 is 0 Å². The zero-order chi connectivity index (χ0) is 8.69. The molecule has 0 aliphatic carbocycles. The first-order valence-corrected chi connectivity index (χ1v) is 6.36. The van der Waals surface area contributed by atoms with Gasteiger partial charge in [-0.2, -0.15) is 0 Å². The molecule has 11 heavy (non-hydrogen) atoms. The summed E-state index contributed by atoms with van der Waals surface area (Å²) in [6.07, 6.45) is 7.06. The van der Waals surface area contributed by atoms with E-state index in [1.54, 1.807) is 0 Å². The van der Waals surface area contributed by atoms with Crippen molar-refractivity contribution in [2.24, 2.45) is 5.92 Å². The van der Waals surface area contributed by atoms with Crippen LogP contribution in [0, 0.1) is 5.92 Å². The molecule has 3 atom stereocenters. The van der Waals surface area contributed by atoms with Crippen LogP contribution in [0.5, 0.6) is 0 Å². The summed E-state index contributed by atoms with van der Waals surface area (Å²) in [6.45, 7) is 6.95. The van der Waals surface area contributed by atoms with Gasteiger partial charge in [0, 0.05) is 0 Å². The van der Waals surface area contributed by atoms with Crippen LogP contribution in [0.4, 0.5) is 0 Å². The van der Waals surface area contributed by atoms with Crippen molar-refractivity contribution >= 4 is 16.9 Å². The van der Waals surface area contributed by atoms with Crippen LogP contribution in [0.2, 0.25) is 4.71 Å². The quantitative estimate of drug-likeness (QED) is 0.601. The molecule has 0 N–H and O–H groups in total. The Balaban J connectivity index is 3.22. The first-order chi connectivity index (χ1) is 5.20. The predicted octanol–water partition coefficient (Wildman–Crippen LogP) is 3.03. The summed E-state index contributed by atoms with van der Waals surface area (Å²) < 4.78 is 1.02. The van der Waals surface area contributed by atoms with Crippen molar-refractivity contribution in [2.45, 2.75) is 57.6 Å². The van der Waals surface area contributed by atoms with E-state index in [2.05, 4.69) is 20.8 Å². The Kier molecular flexibility index (Phi) is 7.59. The van der Waals surface area contributed by atoms with Gasteiger partial charge in [-0.15, -0.1) is 0 Å². The molecule has 0 amide bonds. The Morgan fingerprint density at radius 1 is 1.09 bits per heavy atom. The fourth-order valence-electron chi connectivity index (χ4n) is 1.22. The fourth-order valence-corrected chi connectivity index (χ4v) is 2.32. The Morgan fingerprint density at radius 3 is 2.18 bits per heavy atom. The van der Waals surface area contributed by atoms with Gasteiger partial charge >= 0.3 is 80.4 Å². The topological polar surface area (TPSA) is 0 Å². The van der Waals surface area contributed by atoms with E-state index in [-0.39, 0.29) is 0 Å². The van der Waals surface area contributed by atoms with E-state index in [0.717, 1.165) is 10.6 Å². The molecule has 3 unspecified atom stereocenters. The molecular formula is C10H23As. The number of hydrogen-bond donors (Lipinski definition) is 0. The molecule has 0 nitrogen and oxygen atoms in total. The molecule has 0 aromatic rings. The van der Waals surface area contributed by atoms with E-state index in [1.165, 1.54) is 32.1 Å². The molecule has 0 aromatic heterocycles. The Labute approximate surface area is 80.6 Å². The standard InChI is InChI=1S/C10H23As/c1-4-6-10(11)8-7-9(3)5-2/h9-10H,4-8,11H2,1-3H3. The fraction of sp³-hybridized carbons (Fsp3) is 1.00. The van der Waals surface area contributed by atoms with Crippen LogP contribution in [0.15, 0.2) is 0 Å². The molecule has 1 heteroatoms. The Hall–Kier alpha value is 0.558. The molecule has 0 bridgehead atoms. The van der Waals surface area contributed by atoms with Crippen LogP contribution in [-0.4, -0.2) is 16.9 Å². The van der Waals surface area contributed by atoms with E-state index >= 15 is 0 Å². The summed E-state index contributed by atoms with van der Waals surface area (Å²) in [5, 5.41) is 0. The van der Waals surface area contributed by atoms with Gasteiger partial charge in [0.1, 0.15) is 0 Å². The van der Waals surface area contributed by atoms with Crippen molar-refractivity contribution in [1.29, 1.82) is 0 Å². The second kappa shape index (κ2) is 7.22. The van der Waals surface area contributed by atoms with Crippen LogP contribution in [0.1, 0.15) is 52.9 Å². The van der Waals surface area contributed by atoms with Gasteiger partial charge < -0.3 is 0 Å². The Morgan fingerprint density at radius 2 is 1.73 bits per heavy atom. The third-order valence-electron chi connectivity index (χ3n) is 2.39. The van der Waals surface area contributed by atoms with Crippen molar-refractivity contribution in [2.75, 3.05) is 0 Å². The third-order valence-corrected chi connectivity index (χ3v) is 3.79. The van der Waals surface area contributed by atoms with Gasteiger partial charge in [-0.25, -0.2) is 0 Å². The predicted molar refractivity (Wildman–Crippen MR) is 55.9 cm³/mol. The van der Waals surface area contributed by atoms with Crippen molar-refractivity contribution < 1.29 is 0 Å². The summed E-state index contributed by atoms with van der Waals surface area (Å²) in [6, 6.07) is 0. The molecule has 0 saturated carbocycles. The molecule has 0 fully saturated rings. The maximum absolute atomic E-state index is 2.37. The van der Waals surface area contributed by atoms with Gasteiger partial charge in [-0.3, -0.25) is 0 Å². The third kappa shape index (κ3) is 6.94. The molecule has 68 valence electrons. The summed E-state index contributed by atoms with van der Waals surface area (Å²) >= 11 is 1.94. The normalized spacial score (nSPS) is 16.4. The summed E-state index contributed by atoms with van der Waals surface area (Å²) in [5.74, 6) is 0.949. The zero-order valence-corrected chi connectivity index (χ0v) is 10.7. The average Bonchev–Trinajstić information content (AvgIpc) is 2.01. The average molecular weight is 218 g/mol. The van der Waals surface area contributed by atoms with Gasteiger partial charge in [0.2, 0.25) is 0 Å². The van der Waals surface area contributed by atoms with Gasteiger partial charge in [0.25, 0.3) is 0 Å². The van der Waals surface area contributed by atoms with E-state index < -0.39 is 0 Å². The Bertz CT molecular complexity index is 80.9. The molecule has 0 spiro atoms. The number of hydrogen-bond acceptors (Lipinski definition) is 0. The monoisotopic (exact) mass is 218 g/mol. The minimum atomic E-state index is 0.949. The van der Waals surface area contributed by atoms with E-state index in [0.29, 0.717) is 0 Å². The van der Waals surface area contributed by atoms with Gasteiger partial charge in [-0.05, 0) is 0 Å². The second-order valence-electron chi connectivity index (χ2n) is 3.64. The van der Waals surface area contributed by atoms with E-state index in [4.69, 9.17) is 0 Å². The zero-order valence-electron chi connectivity index (χ0n) is 8.27. The van der Waals surface area contributed by atoms with Gasteiger partial charge in [0.15, 0.2) is 0 Å². The van der Waals surface area contributed by atoms with Crippen molar-refractivity contribution in [3.05, 3.63) is 0 Å². The van der Waals surface area contributed by atoms with Crippen LogP contribution >= 0.6 is 0 Å². The molecule has 0 radical (unpaired) electrons. The van der Waals surface area contributed by atoms with Crippen LogP contribution in [0.25, 0.3) is 0 Å². The summed E-state index contributed by atoms with van der Waals surface area (Å²) in [5.41, 5.74) is 0. The van der Waals surface area contributed by atoms with Crippen molar-refractivity contribution in [3.63, 3.8) is 0 Å². The first-order valence-electron chi connectivity index (χ1n) is 4.96. The van der Waals surface area contributed by atoms with Crippen LogP contribution in [0.3, 0.4) is 0 Å². The molecule has 0 saturated heterocycles. The maximum atomic E-state index is 2.37. The van der Waals surface area contributed by atoms with Crippen molar-refractivity contribution in [3.8, 4) is 0 Å². The molecular weight excluding hydrogens is 195 g/mol.